The molecule has 0 spiro atoms. The Kier molecular flexibility index (Phi) is 5.61. The fourth-order valence-electron chi connectivity index (χ4n) is 2.31. The first kappa shape index (κ1) is 14.6. The van der Waals surface area contributed by atoms with E-state index in [1.807, 2.05) is 18.2 Å². The molecule has 1 aliphatic rings. The van der Waals surface area contributed by atoms with Gasteiger partial charge in [-0.2, -0.15) is 0 Å². The molecule has 0 radical (unpaired) electrons. The highest BCUT2D eigenvalue weighted by Crippen LogP contribution is 2.16. The Morgan fingerprint density at radius 2 is 2.20 bits per heavy atom. The van der Waals surface area contributed by atoms with Crippen LogP contribution in [-0.2, 0) is 0 Å². The maximum atomic E-state index is 11.6. The number of piperidine rings is 1. The van der Waals surface area contributed by atoms with Crippen molar-refractivity contribution in [3.8, 4) is 0 Å². The van der Waals surface area contributed by atoms with Gasteiger partial charge in [-0.1, -0.05) is 6.07 Å². The number of rotatable bonds is 5. The van der Waals surface area contributed by atoms with Crippen molar-refractivity contribution in [2.75, 3.05) is 31.1 Å². The van der Waals surface area contributed by atoms with E-state index >= 15 is 0 Å². The summed E-state index contributed by atoms with van der Waals surface area (Å²) in [5.41, 5.74) is 0. The Morgan fingerprint density at radius 3 is 2.85 bits per heavy atom. The molecule has 1 aromatic rings. The van der Waals surface area contributed by atoms with Crippen molar-refractivity contribution >= 4 is 11.8 Å². The molecule has 0 unspecified atom stereocenters. The van der Waals surface area contributed by atoms with E-state index in [1.165, 1.54) is 0 Å². The van der Waals surface area contributed by atoms with Crippen LogP contribution in [0, 0.1) is 0 Å². The van der Waals surface area contributed by atoms with Crippen LogP contribution in [0.1, 0.15) is 19.3 Å². The molecular weight excluding hydrogens is 256 g/mol. The van der Waals surface area contributed by atoms with Gasteiger partial charge in [0.2, 0.25) is 0 Å². The summed E-state index contributed by atoms with van der Waals surface area (Å²) in [7, 11) is 0. The molecule has 1 saturated heterocycles. The van der Waals surface area contributed by atoms with Crippen molar-refractivity contribution in [3.63, 3.8) is 0 Å². The molecule has 1 fully saturated rings. The third-order valence-corrected chi connectivity index (χ3v) is 3.42. The summed E-state index contributed by atoms with van der Waals surface area (Å²) in [6.07, 6.45) is 4.23. The lowest BCUT2D eigenvalue weighted by molar-refractivity contribution is 0.232. The van der Waals surface area contributed by atoms with Crippen LogP contribution in [0.3, 0.4) is 0 Å². The molecule has 2 amide bonds. The average Bonchev–Trinajstić information content (AvgIpc) is 2.49. The van der Waals surface area contributed by atoms with Crippen LogP contribution in [0.25, 0.3) is 0 Å². The van der Waals surface area contributed by atoms with Crippen LogP contribution in [0.2, 0.25) is 0 Å². The fourth-order valence-corrected chi connectivity index (χ4v) is 2.31. The van der Waals surface area contributed by atoms with E-state index in [2.05, 4.69) is 20.5 Å². The maximum Gasteiger partial charge on any atom is 0.315 e. The Labute approximate surface area is 119 Å². The molecule has 0 atom stereocenters. The quantitative estimate of drug-likeness (QED) is 0.694. The van der Waals surface area contributed by atoms with Gasteiger partial charge in [-0.3, -0.25) is 0 Å². The normalized spacial score (nSPS) is 15.9. The number of carbonyl (C=O) groups is 1. The van der Waals surface area contributed by atoms with E-state index in [-0.39, 0.29) is 18.7 Å². The van der Waals surface area contributed by atoms with E-state index in [9.17, 15) is 4.79 Å². The molecule has 6 heteroatoms. The molecule has 0 aromatic carbocycles. The molecule has 1 aliphatic heterocycles. The highest BCUT2D eigenvalue weighted by molar-refractivity contribution is 5.74. The van der Waals surface area contributed by atoms with E-state index in [4.69, 9.17) is 5.11 Å². The van der Waals surface area contributed by atoms with Gasteiger partial charge in [0.1, 0.15) is 5.82 Å². The first-order valence-electron chi connectivity index (χ1n) is 7.11. The van der Waals surface area contributed by atoms with Crippen molar-refractivity contribution < 1.29 is 9.90 Å². The lowest BCUT2D eigenvalue weighted by atomic mass is 10.1. The standard InChI is InChI=1S/C14H22N4O2/c19-11-3-8-16-14(20)17-12-5-9-18(10-6-12)13-4-1-2-7-15-13/h1-2,4,7,12,19H,3,5-6,8-11H2,(H2,16,17,20). The highest BCUT2D eigenvalue weighted by atomic mass is 16.3. The maximum absolute atomic E-state index is 11.6. The van der Waals surface area contributed by atoms with Crippen LogP contribution in [0.5, 0.6) is 0 Å². The first-order chi connectivity index (χ1) is 9.79. The number of aliphatic hydroxyl groups excluding tert-OH is 1. The summed E-state index contributed by atoms with van der Waals surface area (Å²) in [5, 5.41) is 14.4. The second kappa shape index (κ2) is 7.69. The number of nitrogens with zero attached hydrogens (tertiary/aromatic N) is 2. The number of aromatic nitrogens is 1. The summed E-state index contributed by atoms with van der Waals surface area (Å²) in [6, 6.07) is 5.98. The van der Waals surface area contributed by atoms with Gasteiger partial charge in [-0.05, 0) is 31.4 Å². The molecule has 0 aliphatic carbocycles. The zero-order chi connectivity index (χ0) is 14.2. The van der Waals surface area contributed by atoms with Crippen molar-refractivity contribution in [1.82, 2.24) is 15.6 Å². The molecular formula is C14H22N4O2. The SMILES string of the molecule is O=C(NCCCO)NC1CCN(c2ccccn2)CC1. The summed E-state index contributed by atoms with van der Waals surface area (Å²) in [5.74, 6) is 0.998. The van der Waals surface area contributed by atoms with Crippen LogP contribution < -0.4 is 15.5 Å². The van der Waals surface area contributed by atoms with E-state index in [1.54, 1.807) is 6.20 Å². The number of amides is 2. The molecule has 2 rings (SSSR count). The smallest absolute Gasteiger partial charge is 0.315 e. The summed E-state index contributed by atoms with van der Waals surface area (Å²) >= 11 is 0. The molecule has 2 heterocycles. The lowest BCUT2D eigenvalue weighted by Gasteiger charge is -2.33. The number of carbonyl (C=O) groups excluding carboxylic acids is 1. The average molecular weight is 278 g/mol. The second-order valence-corrected chi connectivity index (χ2v) is 4.93. The van der Waals surface area contributed by atoms with Crippen LogP contribution in [0.4, 0.5) is 10.6 Å². The van der Waals surface area contributed by atoms with Gasteiger partial charge in [-0.25, -0.2) is 9.78 Å². The Hall–Kier alpha value is -1.82. The third kappa shape index (κ3) is 4.38. The molecule has 3 N–H and O–H groups in total. The topological polar surface area (TPSA) is 77.5 Å². The molecule has 1 aromatic heterocycles. The summed E-state index contributed by atoms with van der Waals surface area (Å²) in [6.45, 7) is 2.41. The van der Waals surface area contributed by atoms with Gasteiger partial charge in [0.25, 0.3) is 0 Å². The first-order valence-corrected chi connectivity index (χ1v) is 7.11. The van der Waals surface area contributed by atoms with Crippen molar-refractivity contribution in [3.05, 3.63) is 24.4 Å². The van der Waals surface area contributed by atoms with E-state index in [0.29, 0.717) is 13.0 Å². The van der Waals surface area contributed by atoms with Crippen LogP contribution in [-0.4, -0.2) is 48.4 Å². The minimum Gasteiger partial charge on any atom is -0.396 e. The third-order valence-electron chi connectivity index (χ3n) is 3.42. The Morgan fingerprint density at radius 1 is 1.40 bits per heavy atom. The fraction of sp³-hybridized carbons (Fsp3) is 0.571. The van der Waals surface area contributed by atoms with Crippen molar-refractivity contribution in [2.24, 2.45) is 0 Å². The Balaban J connectivity index is 1.70. The monoisotopic (exact) mass is 278 g/mol. The van der Waals surface area contributed by atoms with Gasteiger partial charge in [0, 0.05) is 38.5 Å². The van der Waals surface area contributed by atoms with Gasteiger partial charge < -0.3 is 20.6 Å². The zero-order valence-electron chi connectivity index (χ0n) is 11.6. The van der Waals surface area contributed by atoms with Crippen LogP contribution >= 0.6 is 0 Å². The van der Waals surface area contributed by atoms with E-state index in [0.717, 1.165) is 31.7 Å². The van der Waals surface area contributed by atoms with Gasteiger partial charge >= 0.3 is 6.03 Å². The Bertz CT molecular complexity index is 405. The molecule has 0 bridgehead atoms. The number of anilines is 1. The zero-order valence-corrected chi connectivity index (χ0v) is 11.6. The number of urea groups is 1. The predicted octanol–water partition coefficient (Wildman–Crippen LogP) is 0.732. The van der Waals surface area contributed by atoms with Crippen LogP contribution in [0.15, 0.2) is 24.4 Å². The predicted molar refractivity (Wildman–Crippen MR) is 77.7 cm³/mol. The number of pyridine rings is 1. The highest BCUT2D eigenvalue weighted by Gasteiger charge is 2.21. The van der Waals surface area contributed by atoms with Crippen molar-refractivity contribution in [2.45, 2.75) is 25.3 Å². The molecule has 110 valence electrons. The second-order valence-electron chi connectivity index (χ2n) is 4.93. The number of aliphatic hydroxyl groups is 1. The summed E-state index contributed by atoms with van der Waals surface area (Å²) < 4.78 is 0. The number of hydrogen-bond donors (Lipinski definition) is 3. The molecule has 0 saturated carbocycles. The number of hydrogen-bond acceptors (Lipinski definition) is 4. The van der Waals surface area contributed by atoms with Gasteiger partial charge in [0.15, 0.2) is 0 Å². The number of nitrogens with one attached hydrogen (secondary N) is 2. The van der Waals surface area contributed by atoms with Gasteiger partial charge in [-0.15, -0.1) is 0 Å². The van der Waals surface area contributed by atoms with E-state index < -0.39 is 0 Å². The minimum atomic E-state index is -0.144. The van der Waals surface area contributed by atoms with Crippen molar-refractivity contribution in [1.29, 1.82) is 0 Å². The molecule has 20 heavy (non-hydrogen) atoms. The lowest BCUT2D eigenvalue weighted by Crippen LogP contribution is -2.48. The molecule has 6 nitrogen and oxygen atoms in total. The largest absolute Gasteiger partial charge is 0.396 e. The minimum absolute atomic E-state index is 0.0999. The van der Waals surface area contributed by atoms with Gasteiger partial charge in [0.05, 0.1) is 0 Å². The summed E-state index contributed by atoms with van der Waals surface area (Å²) in [4.78, 5) is 18.2.